The Morgan fingerprint density at radius 1 is 1.25 bits per heavy atom. The summed E-state index contributed by atoms with van der Waals surface area (Å²) in [6.45, 7) is -0.0748. The van der Waals surface area contributed by atoms with Gasteiger partial charge in [-0.05, 0) is 6.42 Å². The molecule has 2 aliphatic heterocycles. The maximum Gasteiger partial charge on any atom is 0.363 e. The van der Waals surface area contributed by atoms with Crippen LogP contribution in [0.5, 0.6) is 0 Å². The van der Waals surface area contributed by atoms with Crippen molar-refractivity contribution in [2.75, 3.05) is 6.54 Å². The number of hydrogen-bond acceptors (Lipinski definition) is 4. The lowest BCUT2D eigenvalue weighted by molar-refractivity contribution is -0.787. The zero-order valence-corrected chi connectivity index (χ0v) is 8.76. The van der Waals surface area contributed by atoms with Crippen molar-refractivity contribution in [2.45, 2.75) is 37.8 Å². The van der Waals surface area contributed by atoms with Crippen LogP contribution < -0.4 is 0 Å². The van der Waals surface area contributed by atoms with Gasteiger partial charge < -0.3 is 10.2 Å². The van der Waals surface area contributed by atoms with Crippen molar-refractivity contribution < 1.29 is 29.1 Å². The van der Waals surface area contributed by atoms with E-state index in [2.05, 4.69) is 0 Å². The van der Waals surface area contributed by atoms with Gasteiger partial charge in [-0.1, -0.05) is 0 Å². The Balaban J connectivity index is 2.43. The number of carboxylic acid groups (broad SMARTS) is 1. The fourth-order valence-electron chi connectivity index (χ4n) is 2.74. The summed E-state index contributed by atoms with van der Waals surface area (Å²) in [5.41, 5.74) is 0. The van der Waals surface area contributed by atoms with Gasteiger partial charge in [0, 0.05) is 6.42 Å². The summed E-state index contributed by atoms with van der Waals surface area (Å²) in [6.07, 6.45) is 0.0318. The Hall–Kier alpha value is -1.27. The van der Waals surface area contributed by atoms with Crippen LogP contribution >= 0.6 is 0 Å². The first-order chi connectivity index (χ1) is 7.48. The smallest absolute Gasteiger partial charge is 0.363 e. The maximum absolute atomic E-state index is 11.9. The molecule has 2 aliphatic rings. The van der Waals surface area contributed by atoms with E-state index in [1.807, 2.05) is 0 Å². The molecule has 2 amide bonds. The van der Waals surface area contributed by atoms with Crippen molar-refractivity contribution in [1.82, 2.24) is 0 Å². The second-order valence-electron chi connectivity index (χ2n) is 4.44. The van der Waals surface area contributed by atoms with E-state index in [-0.39, 0.29) is 37.6 Å². The number of aliphatic carboxylic acids is 1. The van der Waals surface area contributed by atoms with Gasteiger partial charge in [0.05, 0.1) is 12.8 Å². The van der Waals surface area contributed by atoms with Crippen molar-refractivity contribution in [3.05, 3.63) is 0 Å². The molecule has 16 heavy (non-hydrogen) atoms. The van der Waals surface area contributed by atoms with E-state index in [4.69, 9.17) is 5.11 Å². The molecule has 0 aromatic heterocycles. The standard InChI is InChI=1S/C10H13NO5/c12-6-4-7(10(15)16)11(5-6)8(13)2-1-3-9(11)14/h6-7,12H,1-5H2/p+1/t6?,7-/m0/s1. The van der Waals surface area contributed by atoms with Gasteiger partial charge in [-0.2, -0.15) is 4.48 Å². The molecule has 2 saturated heterocycles. The third-order valence-electron chi connectivity index (χ3n) is 3.48. The minimum Gasteiger partial charge on any atom is -0.477 e. The molecule has 2 atom stereocenters. The number of imide groups is 1. The lowest BCUT2D eigenvalue weighted by Crippen LogP contribution is -2.64. The largest absolute Gasteiger partial charge is 0.477 e. The molecule has 2 heterocycles. The zero-order valence-electron chi connectivity index (χ0n) is 8.76. The molecule has 0 aromatic rings. The van der Waals surface area contributed by atoms with Gasteiger partial charge in [0.25, 0.3) is 0 Å². The molecule has 0 aromatic carbocycles. The van der Waals surface area contributed by atoms with Crippen LogP contribution in [-0.4, -0.2) is 51.2 Å². The van der Waals surface area contributed by atoms with Crippen molar-refractivity contribution in [3.63, 3.8) is 0 Å². The molecule has 6 heteroatoms. The zero-order chi connectivity index (χ0) is 11.9. The average molecular weight is 228 g/mol. The predicted octanol–water partition coefficient (Wildman–Crippen LogP) is -0.742. The lowest BCUT2D eigenvalue weighted by atomic mass is 10.0. The first kappa shape index (κ1) is 11.2. The number of carboxylic acids is 1. The van der Waals surface area contributed by atoms with Gasteiger partial charge in [0.2, 0.25) is 6.04 Å². The number of rotatable bonds is 1. The second kappa shape index (κ2) is 3.64. The Morgan fingerprint density at radius 2 is 1.81 bits per heavy atom. The highest BCUT2D eigenvalue weighted by Gasteiger charge is 2.60. The summed E-state index contributed by atoms with van der Waals surface area (Å²) in [7, 11) is 0. The monoisotopic (exact) mass is 228 g/mol. The summed E-state index contributed by atoms with van der Waals surface area (Å²) in [5, 5.41) is 18.6. The molecule has 0 aliphatic carbocycles. The molecule has 6 nitrogen and oxygen atoms in total. The summed E-state index contributed by atoms with van der Waals surface area (Å²) >= 11 is 0. The molecular weight excluding hydrogens is 214 g/mol. The molecule has 88 valence electrons. The number of hydrogen-bond donors (Lipinski definition) is 2. The molecular formula is C10H14NO5+. The Kier molecular flexibility index (Phi) is 2.55. The van der Waals surface area contributed by atoms with E-state index >= 15 is 0 Å². The van der Waals surface area contributed by atoms with Crippen LogP contribution in [0.25, 0.3) is 0 Å². The summed E-state index contributed by atoms with van der Waals surface area (Å²) < 4.78 is -0.670. The number of quaternary nitrogens is 1. The van der Waals surface area contributed by atoms with Crippen LogP contribution in [0.3, 0.4) is 0 Å². The quantitative estimate of drug-likeness (QED) is 0.455. The van der Waals surface area contributed by atoms with Crippen LogP contribution in [0.4, 0.5) is 0 Å². The molecule has 0 bridgehead atoms. The van der Waals surface area contributed by atoms with Gasteiger partial charge in [-0.3, -0.25) is 0 Å². The fraction of sp³-hybridized carbons (Fsp3) is 0.700. The predicted molar refractivity (Wildman–Crippen MR) is 51.0 cm³/mol. The molecule has 1 spiro atoms. The van der Waals surface area contributed by atoms with Crippen LogP contribution in [0.2, 0.25) is 0 Å². The Morgan fingerprint density at radius 3 is 2.31 bits per heavy atom. The first-order valence-corrected chi connectivity index (χ1v) is 5.34. The highest BCUT2D eigenvalue weighted by atomic mass is 16.4. The number of carbonyl (C=O) groups excluding carboxylic acids is 2. The number of carbonyl (C=O) groups is 3. The van der Waals surface area contributed by atoms with E-state index in [0.29, 0.717) is 6.42 Å². The third kappa shape index (κ3) is 1.37. The Labute approximate surface area is 92.1 Å². The lowest BCUT2D eigenvalue weighted by Gasteiger charge is -2.35. The van der Waals surface area contributed by atoms with Gasteiger partial charge in [-0.25, -0.2) is 14.4 Å². The van der Waals surface area contributed by atoms with Crippen LogP contribution in [-0.2, 0) is 14.4 Å². The molecule has 0 saturated carbocycles. The maximum atomic E-state index is 11.9. The number of piperidine rings is 1. The van der Waals surface area contributed by atoms with Crippen molar-refractivity contribution in [2.24, 2.45) is 0 Å². The SMILES string of the molecule is O=C(O)[C@@H]1CC(O)C[N+]12C(=O)CCCC2=O. The van der Waals surface area contributed by atoms with E-state index in [1.54, 1.807) is 0 Å². The number of aliphatic hydroxyl groups is 1. The highest BCUT2D eigenvalue weighted by molar-refractivity contribution is 5.91. The van der Waals surface area contributed by atoms with E-state index in [9.17, 15) is 19.5 Å². The number of nitrogens with zero attached hydrogens (tertiary/aromatic N) is 1. The Bertz CT molecular complexity index is 348. The molecule has 2 rings (SSSR count). The van der Waals surface area contributed by atoms with Crippen molar-refractivity contribution in [1.29, 1.82) is 0 Å². The molecule has 1 unspecified atom stereocenters. The minimum atomic E-state index is -1.18. The van der Waals surface area contributed by atoms with Gasteiger partial charge in [0.15, 0.2) is 0 Å². The van der Waals surface area contributed by atoms with Crippen LogP contribution in [0.15, 0.2) is 0 Å². The van der Waals surface area contributed by atoms with Crippen molar-refractivity contribution in [3.8, 4) is 0 Å². The van der Waals surface area contributed by atoms with Gasteiger partial charge in [-0.15, -0.1) is 0 Å². The first-order valence-electron chi connectivity index (χ1n) is 5.34. The van der Waals surface area contributed by atoms with Crippen LogP contribution in [0, 0.1) is 0 Å². The molecule has 0 radical (unpaired) electrons. The molecule has 2 N–H and O–H groups in total. The van der Waals surface area contributed by atoms with E-state index < -0.39 is 22.6 Å². The third-order valence-corrected chi connectivity index (χ3v) is 3.48. The highest BCUT2D eigenvalue weighted by Crippen LogP contribution is 2.34. The number of aliphatic hydroxyl groups excluding tert-OH is 1. The summed E-state index contributed by atoms with van der Waals surface area (Å²) in [4.78, 5) is 34.8. The summed E-state index contributed by atoms with van der Waals surface area (Å²) in [6, 6.07) is -1.10. The minimum absolute atomic E-state index is 0.0210. The van der Waals surface area contributed by atoms with Crippen molar-refractivity contribution >= 4 is 17.8 Å². The van der Waals surface area contributed by atoms with Gasteiger partial charge in [0.1, 0.15) is 12.6 Å². The molecule has 2 fully saturated rings. The fourth-order valence-corrected chi connectivity index (χ4v) is 2.74. The topological polar surface area (TPSA) is 91.7 Å². The van der Waals surface area contributed by atoms with Crippen LogP contribution in [0.1, 0.15) is 25.7 Å². The average Bonchev–Trinajstić information content (AvgIpc) is 2.54. The van der Waals surface area contributed by atoms with E-state index in [1.165, 1.54) is 0 Å². The van der Waals surface area contributed by atoms with E-state index in [0.717, 1.165) is 0 Å². The van der Waals surface area contributed by atoms with Gasteiger partial charge >= 0.3 is 17.8 Å². The second-order valence-corrected chi connectivity index (χ2v) is 4.44. The number of amides is 2. The normalized spacial score (nSPS) is 33.3. The summed E-state index contributed by atoms with van der Waals surface area (Å²) in [5.74, 6) is -1.90.